The van der Waals surface area contributed by atoms with E-state index in [1.165, 1.54) is 10.6 Å². The lowest BCUT2D eigenvalue weighted by atomic mass is 10.1. The van der Waals surface area contributed by atoms with E-state index in [0.717, 1.165) is 17.5 Å². The Morgan fingerprint density at radius 1 is 0.875 bits per heavy atom. The summed E-state index contributed by atoms with van der Waals surface area (Å²) in [5.74, 6) is -0.191. The topological polar surface area (TPSA) is 65.9 Å². The molecule has 0 unspecified atom stereocenters. The van der Waals surface area contributed by atoms with Gasteiger partial charge in [-0.3, -0.25) is 14.6 Å². The van der Waals surface area contributed by atoms with Gasteiger partial charge in [0.05, 0.1) is 6.54 Å². The van der Waals surface area contributed by atoms with E-state index in [4.69, 9.17) is 0 Å². The number of amides is 2. The van der Waals surface area contributed by atoms with Crippen LogP contribution in [0.4, 0.5) is 0 Å². The van der Waals surface area contributed by atoms with E-state index in [1.54, 1.807) is 17.3 Å². The van der Waals surface area contributed by atoms with Crippen LogP contribution >= 0.6 is 0 Å². The van der Waals surface area contributed by atoms with Gasteiger partial charge >= 0.3 is 0 Å². The van der Waals surface area contributed by atoms with E-state index < -0.39 is 0 Å². The molecule has 0 saturated carbocycles. The number of hydrazone groups is 1. The van der Waals surface area contributed by atoms with Crippen LogP contribution in [0.3, 0.4) is 0 Å². The third-order valence-electron chi connectivity index (χ3n) is 5.42. The Kier molecular flexibility index (Phi) is 7.02. The van der Waals surface area contributed by atoms with Crippen LogP contribution < -0.4 is 0 Å². The molecule has 0 N–H and O–H groups in total. The molecule has 0 saturated heterocycles. The first kappa shape index (κ1) is 21.4. The quantitative estimate of drug-likeness (QED) is 0.550. The Hall–Kier alpha value is -3.80. The molecule has 0 radical (unpaired) electrons. The Morgan fingerprint density at radius 3 is 2.25 bits per heavy atom. The summed E-state index contributed by atoms with van der Waals surface area (Å²) < 4.78 is 0. The molecule has 2 aromatic carbocycles. The van der Waals surface area contributed by atoms with Gasteiger partial charge in [0.25, 0.3) is 5.91 Å². The minimum atomic E-state index is -0.129. The van der Waals surface area contributed by atoms with Crippen LogP contribution in [0.1, 0.15) is 29.5 Å². The number of nitrogens with zero attached hydrogens (tertiary/aromatic N) is 4. The highest BCUT2D eigenvalue weighted by molar-refractivity contribution is 6.39. The van der Waals surface area contributed by atoms with Crippen LogP contribution in [0, 0.1) is 0 Å². The zero-order valence-corrected chi connectivity index (χ0v) is 17.9. The van der Waals surface area contributed by atoms with E-state index >= 15 is 0 Å². The lowest BCUT2D eigenvalue weighted by Crippen LogP contribution is -2.42. The molecule has 4 rings (SSSR count). The third-order valence-corrected chi connectivity index (χ3v) is 5.42. The van der Waals surface area contributed by atoms with Crippen molar-refractivity contribution in [3.63, 3.8) is 0 Å². The molecule has 1 aliphatic rings. The van der Waals surface area contributed by atoms with Gasteiger partial charge in [-0.1, -0.05) is 66.7 Å². The van der Waals surface area contributed by atoms with Crippen molar-refractivity contribution >= 4 is 17.5 Å². The fraction of sp³-hybridized carbons (Fsp3) is 0.231. The highest BCUT2D eigenvalue weighted by atomic mass is 16.2. The maximum atomic E-state index is 13.5. The monoisotopic (exact) mass is 426 g/mol. The molecule has 6 heteroatoms. The minimum absolute atomic E-state index is 0.0616. The molecule has 1 aromatic heterocycles. The second-order valence-corrected chi connectivity index (χ2v) is 7.81. The first-order valence-corrected chi connectivity index (χ1v) is 10.8. The summed E-state index contributed by atoms with van der Waals surface area (Å²) in [4.78, 5) is 31.9. The largest absolute Gasteiger partial charge is 0.333 e. The van der Waals surface area contributed by atoms with Crippen molar-refractivity contribution in [2.45, 2.75) is 32.4 Å². The van der Waals surface area contributed by atoms with E-state index in [-0.39, 0.29) is 18.2 Å². The second kappa shape index (κ2) is 10.5. The normalized spacial score (nSPS) is 13.6. The predicted molar refractivity (Wildman–Crippen MR) is 123 cm³/mol. The molecule has 32 heavy (non-hydrogen) atoms. The number of hydrogen-bond donors (Lipinski definition) is 0. The van der Waals surface area contributed by atoms with Crippen LogP contribution in [0.2, 0.25) is 0 Å². The van der Waals surface area contributed by atoms with Crippen molar-refractivity contribution in [3.8, 4) is 0 Å². The summed E-state index contributed by atoms with van der Waals surface area (Å²) >= 11 is 0. The van der Waals surface area contributed by atoms with Crippen molar-refractivity contribution in [3.05, 3.63) is 102 Å². The van der Waals surface area contributed by atoms with E-state index in [9.17, 15) is 9.59 Å². The molecule has 2 amide bonds. The van der Waals surface area contributed by atoms with Gasteiger partial charge < -0.3 is 4.90 Å². The van der Waals surface area contributed by atoms with Gasteiger partial charge in [-0.15, -0.1) is 0 Å². The van der Waals surface area contributed by atoms with Crippen LogP contribution in [0.25, 0.3) is 0 Å². The van der Waals surface area contributed by atoms with Crippen LogP contribution in [0.5, 0.6) is 0 Å². The van der Waals surface area contributed by atoms with Gasteiger partial charge in [0, 0.05) is 38.3 Å². The number of rotatable bonds is 8. The first-order valence-electron chi connectivity index (χ1n) is 10.8. The zero-order valence-electron chi connectivity index (χ0n) is 17.9. The number of hydrogen-bond acceptors (Lipinski definition) is 4. The van der Waals surface area contributed by atoms with Crippen LogP contribution in [-0.4, -0.2) is 39.0 Å². The highest BCUT2D eigenvalue weighted by Gasteiger charge is 2.27. The highest BCUT2D eigenvalue weighted by Crippen LogP contribution is 2.16. The van der Waals surface area contributed by atoms with Crippen molar-refractivity contribution in [2.75, 3.05) is 6.54 Å². The maximum absolute atomic E-state index is 13.5. The van der Waals surface area contributed by atoms with E-state index in [2.05, 4.69) is 22.2 Å². The Labute approximate surface area is 188 Å². The summed E-state index contributed by atoms with van der Waals surface area (Å²) in [6.45, 7) is 1.37. The molecule has 3 aromatic rings. The molecule has 0 fully saturated rings. The van der Waals surface area contributed by atoms with Crippen molar-refractivity contribution in [2.24, 2.45) is 5.10 Å². The number of pyridine rings is 1. The fourth-order valence-electron chi connectivity index (χ4n) is 3.69. The van der Waals surface area contributed by atoms with Gasteiger partial charge in [0.15, 0.2) is 0 Å². The predicted octanol–water partition coefficient (Wildman–Crippen LogP) is 3.83. The lowest BCUT2D eigenvalue weighted by Gasteiger charge is -2.27. The molecule has 162 valence electrons. The van der Waals surface area contributed by atoms with Gasteiger partial charge in [-0.05, 0) is 29.2 Å². The van der Waals surface area contributed by atoms with Crippen molar-refractivity contribution in [1.29, 1.82) is 0 Å². The Morgan fingerprint density at radius 2 is 1.56 bits per heavy atom. The second-order valence-electron chi connectivity index (χ2n) is 7.81. The molecule has 6 nitrogen and oxygen atoms in total. The van der Waals surface area contributed by atoms with E-state index in [1.807, 2.05) is 60.7 Å². The molecule has 2 heterocycles. The summed E-state index contributed by atoms with van der Waals surface area (Å²) in [6.07, 6.45) is 4.88. The smallest absolute Gasteiger partial charge is 0.270 e. The Balaban J connectivity index is 1.52. The standard InChI is InChI=1S/C26H26N4O2/c31-25-14-13-24(28-30(25)20-22-10-5-2-6-11-22)26(32)29(19-23-12-7-16-27-18-23)17-15-21-8-3-1-4-9-21/h1-12,16,18H,13-15,17,19-20H2. The molecule has 0 bridgehead atoms. The van der Waals surface area contributed by atoms with Crippen molar-refractivity contribution in [1.82, 2.24) is 14.9 Å². The molecule has 0 spiro atoms. The van der Waals surface area contributed by atoms with Gasteiger partial charge in [-0.25, -0.2) is 5.01 Å². The molecule has 0 aliphatic carbocycles. The number of carbonyl (C=O) groups is 2. The molecular weight excluding hydrogens is 400 g/mol. The third kappa shape index (κ3) is 5.66. The first-order chi connectivity index (χ1) is 15.7. The fourth-order valence-corrected chi connectivity index (χ4v) is 3.69. The molecule has 1 aliphatic heterocycles. The number of benzene rings is 2. The van der Waals surface area contributed by atoms with Crippen molar-refractivity contribution < 1.29 is 9.59 Å². The summed E-state index contributed by atoms with van der Waals surface area (Å²) in [6, 6.07) is 23.6. The average Bonchev–Trinajstić information content (AvgIpc) is 2.84. The van der Waals surface area contributed by atoms with Gasteiger partial charge in [0.1, 0.15) is 5.71 Å². The van der Waals surface area contributed by atoms with E-state index in [0.29, 0.717) is 31.8 Å². The number of aromatic nitrogens is 1. The Bertz CT molecular complexity index is 1070. The maximum Gasteiger partial charge on any atom is 0.270 e. The SMILES string of the molecule is O=C(C1=NN(Cc2ccccc2)C(=O)CC1)N(CCc1ccccc1)Cc1cccnc1. The summed E-state index contributed by atoms with van der Waals surface area (Å²) in [5, 5.41) is 5.89. The summed E-state index contributed by atoms with van der Waals surface area (Å²) in [5.41, 5.74) is 3.54. The summed E-state index contributed by atoms with van der Waals surface area (Å²) in [7, 11) is 0. The minimum Gasteiger partial charge on any atom is -0.333 e. The van der Waals surface area contributed by atoms with Gasteiger partial charge in [0.2, 0.25) is 5.91 Å². The molecule has 0 atom stereocenters. The van der Waals surface area contributed by atoms with Gasteiger partial charge in [-0.2, -0.15) is 5.10 Å². The van der Waals surface area contributed by atoms with Crippen LogP contribution in [-0.2, 0) is 29.1 Å². The number of carbonyl (C=O) groups excluding carboxylic acids is 2. The lowest BCUT2D eigenvalue weighted by molar-refractivity contribution is -0.132. The molecular formula is C26H26N4O2. The van der Waals surface area contributed by atoms with Crippen LogP contribution in [0.15, 0.2) is 90.3 Å². The average molecular weight is 427 g/mol. The zero-order chi connectivity index (χ0) is 22.2.